The molecule has 3 N–H and O–H groups in total. The van der Waals surface area contributed by atoms with Gasteiger partial charge in [0, 0.05) is 26.2 Å². The van der Waals surface area contributed by atoms with Gasteiger partial charge in [-0.2, -0.15) is 4.31 Å². The lowest BCUT2D eigenvalue weighted by molar-refractivity contribution is -0.126. The molecule has 2 rings (SSSR count). The normalized spacial score (nSPS) is 19.5. The minimum atomic E-state index is -3.94. The molecule has 23 heavy (non-hydrogen) atoms. The highest BCUT2D eigenvalue weighted by molar-refractivity contribution is 7.89. The molecule has 1 aromatic rings. The second-order valence-corrected chi connectivity index (χ2v) is 7.62. The van der Waals surface area contributed by atoms with Gasteiger partial charge in [-0.3, -0.25) is 4.79 Å². The van der Waals surface area contributed by atoms with Crippen molar-refractivity contribution >= 4 is 15.9 Å². The summed E-state index contributed by atoms with van der Waals surface area (Å²) in [7, 11) is -3.94. The third kappa shape index (κ3) is 4.07. The molecule has 6 nitrogen and oxygen atoms in total. The lowest BCUT2D eigenvalue weighted by Crippen LogP contribution is -2.46. The molecule has 128 valence electrons. The zero-order valence-electron chi connectivity index (χ0n) is 13.1. The number of carbonyl (C=O) groups is 1. The molecule has 0 spiro atoms. The number of aryl methyl sites for hydroxylation is 1. The number of amides is 1. The predicted octanol–water partition coefficient (Wildman–Crippen LogP) is 0.610. The van der Waals surface area contributed by atoms with Crippen LogP contribution in [0.2, 0.25) is 0 Å². The summed E-state index contributed by atoms with van der Waals surface area (Å²) in [4.78, 5) is 11.7. The van der Waals surface area contributed by atoms with Gasteiger partial charge in [0.2, 0.25) is 15.9 Å². The SMILES string of the molecule is Cc1ccc(S(=O)(=O)N2CCCC(C(=O)NCCN)C2)c(F)c1. The fourth-order valence-corrected chi connectivity index (χ4v) is 4.24. The molecular formula is C15H22FN3O3S. The molecule has 0 aromatic heterocycles. The number of nitrogens with two attached hydrogens (primary N) is 1. The van der Waals surface area contributed by atoms with Gasteiger partial charge in [-0.25, -0.2) is 12.8 Å². The Balaban J connectivity index is 2.18. The van der Waals surface area contributed by atoms with Crippen molar-refractivity contribution in [3.05, 3.63) is 29.6 Å². The van der Waals surface area contributed by atoms with Gasteiger partial charge in [0.15, 0.2) is 0 Å². The van der Waals surface area contributed by atoms with Crippen molar-refractivity contribution in [2.24, 2.45) is 11.7 Å². The van der Waals surface area contributed by atoms with Gasteiger partial charge in [0.05, 0.1) is 5.92 Å². The predicted molar refractivity (Wildman–Crippen MR) is 84.7 cm³/mol. The minimum Gasteiger partial charge on any atom is -0.355 e. The van der Waals surface area contributed by atoms with Gasteiger partial charge >= 0.3 is 0 Å². The Morgan fingerprint density at radius 2 is 2.22 bits per heavy atom. The summed E-state index contributed by atoms with van der Waals surface area (Å²) in [5.74, 6) is -1.40. The van der Waals surface area contributed by atoms with E-state index in [1.54, 1.807) is 13.0 Å². The van der Waals surface area contributed by atoms with Crippen LogP contribution in [0.3, 0.4) is 0 Å². The summed E-state index contributed by atoms with van der Waals surface area (Å²) in [6, 6.07) is 4.03. The van der Waals surface area contributed by atoms with E-state index in [4.69, 9.17) is 5.73 Å². The first-order chi connectivity index (χ1) is 10.9. The van der Waals surface area contributed by atoms with E-state index in [0.29, 0.717) is 31.5 Å². The first-order valence-electron chi connectivity index (χ1n) is 7.60. The van der Waals surface area contributed by atoms with Crippen LogP contribution >= 0.6 is 0 Å². The van der Waals surface area contributed by atoms with Crippen molar-refractivity contribution in [1.82, 2.24) is 9.62 Å². The van der Waals surface area contributed by atoms with Crippen LogP contribution in [-0.4, -0.2) is 44.8 Å². The summed E-state index contributed by atoms with van der Waals surface area (Å²) in [6.07, 6.45) is 1.17. The second kappa shape index (κ2) is 7.37. The number of hydrogen-bond acceptors (Lipinski definition) is 4. The average Bonchev–Trinajstić information content (AvgIpc) is 2.52. The molecule has 1 amide bonds. The van der Waals surface area contributed by atoms with Crippen molar-refractivity contribution in [3.8, 4) is 0 Å². The van der Waals surface area contributed by atoms with Crippen LogP contribution in [0.15, 0.2) is 23.1 Å². The molecule has 1 saturated heterocycles. The van der Waals surface area contributed by atoms with E-state index < -0.39 is 21.8 Å². The number of nitrogens with one attached hydrogen (secondary N) is 1. The lowest BCUT2D eigenvalue weighted by atomic mass is 9.99. The van der Waals surface area contributed by atoms with Crippen molar-refractivity contribution in [3.63, 3.8) is 0 Å². The number of nitrogens with zero attached hydrogens (tertiary/aromatic N) is 1. The van der Waals surface area contributed by atoms with E-state index in [-0.39, 0.29) is 23.9 Å². The Morgan fingerprint density at radius 3 is 2.87 bits per heavy atom. The van der Waals surface area contributed by atoms with E-state index in [2.05, 4.69) is 5.32 Å². The average molecular weight is 343 g/mol. The number of sulfonamides is 1. The zero-order chi connectivity index (χ0) is 17.0. The molecule has 1 heterocycles. The quantitative estimate of drug-likeness (QED) is 0.819. The van der Waals surface area contributed by atoms with Crippen LogP contribution in [-0.2, 0) is 14.8 Å². The first-order valence-corrected chi connectivity index (χ1v) is 9.04. The zero-order valence-corrected chi connectivity index (χ0v) is 13.9. The molecule has 1 atom stereocenters. The van der Waals surface area contributed by atoms with Gasteiger partial charge in [-0.15, -0.1) is 0 Å². The molecule has 0 radical (unpaired) electrons. The number of halogens is 1. The summed E-state index contributed by atoms with van der Waals surface area (Å²) in [6.45, 7) is 2.73. The minimum absolute atomic E-state index is 0.0616. The lowest BCUT2D eigenvalue weighted by Gasteiger charge is -2.31. The van der Waals surface area contributed by atoms with Crippen molar-refractivity contribution in [2.75, 3.05) is 26.2 Å². The van der Waals surface area contributed by atoms with E-state index in [1.165, 1.54) is 16.4 Å². The largest absolute Gasteiger partial charge is 0.355 e. The molecule has 1 unspecified atom stereocenters. The van der Waals surface area contributed by atoms with Gasteiger partial charge in [-0.1, -0.05) is 6.07 Å². The smallest absolute Gasteiger partial charge is 0.246 e. The number of rotatable bonds is 5. The monoisotopic (exact) mass is 343 g/mol. The molecule has 0 bridgehead atoms. The fourth-order valence-electron chi connectivity index (χ4n) is 2.67. The summed E-state index contributed by atoms with van der Waals surface area (Å²) >= 11 is 0. The molecular weight excluding hydrogens is 321 g/mol. The van der Waals surface area contributed by atoms with Crippen LogP contribution in [0.1, 0.15) is 18.4 Å². The number of hydrogen-bond donors (Lipinski definition) is 2. The van der Waals surface area contributed by atoms with Crippen LogP contribution < -0.4 is 11.1 Å². The Morgan fingerprint density at radius 1 is 1.48 bits per heavy atom. The Bertz CT molecular complexity index is 679. The summed E-state index contributed by atoms with van der Waals surface area (Å²) < 4.78 is 40.5. The van der Waals surface area contributed by atoms with Crippen LogP contribution in [0.25, 0.3) is 0 Å². The third-order valence-electron chi connectivity index (χ3n) is 3.90. The fraction of sp³-hybridized carbons (Fsp3) is 0.533. The Kier molecular flexibility index (Phi) is 5.72. The van der Waals surface area contributed by atoms with Gasteiger partial charge in [0.25, 0.3) is 0 Å². The van der Waals surface area contributed by atoms with E-state index in [9.17, 15) is 17.6 Å². The number of carbonyl (C=O) groups excluding carboxylic acids is 1. The summed E-state index contributed by atoms with van der Waals surface area (Å²) in [5.41, 5.74) is 6.00. The van der Waals surface area contributed by atoms with Gasteiger partial charge < -0.3 is 11.1 Å². The van der Waals surface area contributed by atoms with Crippen molar-refractivity contribution in [2.45, 2.75) is 24.7 Å². The van der Waals surface area contributed by atoms with Crippen LogP contribution in [0, 0.1) is 18.7 Å². The standard InChI is InChI=1S/C15H22FN3O3S/c1-11-4-5-14(13(16)9-11)23(21,22)19-8-2-3-12(10-19)15(20)18-7-6-17/h4-5,9,12H,2-3,6-8,10,17H2,1H3,(H,18,20). The number of piperidine rings is 1. The molecule has 1 aliphatic rings. The Labute approximate surface area is 135 Å². The second-order valence-electron chi connectivity index (χ2n) is 5.72. The van der Waals surface area contributed by atoms with Crippen LogP contribution in [0.5, 0.6) is 0 Å². The summed E-state index contributed by atoms with van der Waals surface area (Å²) in [5, 5.41) is 2.67. The van der Waals surface area contributed by atoms with Crippen molar-refractivity contribution < 1.29 is 17.6 Å². The maximum Gasteiger partial charge on any atom is 0.246 e. The van der Waals surface area contributed by atoms with Gasteiger partial charge in [0.1, 0.15) is 10.7 Å². The highest BCUT2D eigenvalue weighted by atomic mass is 32.2. The van der Waals surface area contributed by atoms with Crippen molar-refractivity contribution in [1.29, 1.82) is 0 Å². The molecule has 0 aliphatic carbocycles. The van der Waals surface area contributed by atoms with E-state index in [0.717, 1.165) is 0 Å². The van der Waals surface area contributed by atoms with Gasteiger partial charge in [-0.05, 0) is 37.5 Å². The van der Waals surface area contributed by atoms with E-state index >= 15 is 0 Å². The van der Waals surface area contributed by atoms with E-state index in [1.807, 2.05) is 0 Å². The topological polar surface area (TPSA) is 92.5 Å². The highest BCUT2D eigenvalue weighted by Crippen LogP contribution is 2.25. The molecule has 1 aromatic carbocycles. The highest BCUT2D eigenvalue weighted by Gasteiger charge is 2.34. The maximum atomic E-state index is 14.0. The molecule has 0 saturated carbocycles. The molecule has 1 fully saturated rings. The maximum absolute atomic E-state index is 14.0. The number of benzene rings is 1. The Hall–Kier alpha value is -1.51. The van der Waals surface area contributed by atoms with Crippen LogP contribution in [0.4, 0.5) is 4.39 Å². The molecule has 8 heteroatoms. The first kappa shape index (κ1) is 17.8. The molecule has 1 aliphatic heterocycles. The third-order valence-corrected chi connectivity index (χ3v) is 5.80.